The summed E-state index contributed by atoms with van der Waals surface area (Å²) in [7, 11) is 0. The summed E-state index contributed by atoms with van der Waals surface area (Å²) in [5.41, 5.74) is 1.13. The number of carbonyl (C=O) groups excluding carboxylic acids is 1. The van der Waals surface area contributed by atoms with Crippen LogP contribution in [0.3, 0.4) is 0 Å². The van der Waals surface area contributed by atoms with Crippen molar-refractivity contribution in [2.45, 2.75) is 19.8 Å². The molecule has 0 saturated heterocycles. The number of carbonyl (C=O) groups is 1. The van der Waals surface area contributed by atoms with Crippen LogP contribution in [0.4, 0.5) is 0 Å². The molecule has 2 N–H and O–H groups in total. The third-order valence-electron chi connectivity index (χ3n) is 3.35. The minimum atomic E-state index is -0.234. The lowest BCUT2D eigenvalue weighted by atomic mass is 10.1. The van der Waals surface area contributed by atoms with Crippen LogP contribution in [0.15, 0.2) is 18.2 Å². The van der Waals surface area contributed by atoms with Crippen molar-refractivity contribution in [1.82, 2.24) is 5.32 Å². The number of amides is 1. The van der Waals surface area contributed by atoms with E-state index >= 15 is 0 Å². The number of hydrogen-bond acceptors (Lipinski definition) is 2. The first-order valence-electron chi connectivity index (χ1n) is 5.71. The van der Waals surface area contributed by atoms with Gasteiger partial charge < -0.3 is 10.4 Å². The molecule has 0 heterocycles. The second-order valence-electron chi connectivity index (χ2n) is 4.79. The predicted octanol–water partition coefficient (Wildman–Crippen LogP) is 2.45. The smallest absolute Gasteiger partial charge is 0.255 e. The van der Waals surface area contributed by atoms with Crippen LogP contribution in [0.5, 0.6) is 5.75 Å². The van der Waals surface area contributed by atoms with Crippen molar-refractivity contribution in [2.75, 3.05) is 12.4 Å². The second-order valence-corrected chi connectivity index (χ2v) is 5.05. The van der Waals surface area contributed by atoms with Crippen molar-refractivity contribution in [1.29, 1.82) is 0 Å². The fourth-order valence-corrected chi connectivity index (χ4v) is 2.10. The standard InChI is InChI=1S/C13H16ClNO2/c1-9-3-2-4-10(11(9)16)12(17)15-8-13(7-14)5-6-13/h2-4,16H,5-8H2,1H3,(H,15,17). The van der Waals surface area contributed by atoms with Crippen molar-refractivity contribution >= 4 is 17.5 Å². The van der Waals surface area contributed by atoms with Gasteiger partial charge in [-0.2, -0.15) is 0 Å². The summed E-state index contributed by atoms with van der Waals surface area (Å²) in [5.74, 6) is 0.399. The van der Waals surface area contributed by atoms with E-state index in [0.29, 0.717) is 23.6 Å². The molecule has 3 nitrogen and oxygen atoms in total. The summed E-state index contributed by atoms with van der Waals surface area (Å²) in [6.45, 7) is 2.36. The molecule has 0 radical (unpaired) electrons. The molecule has 1 amide bonds. The maximum absolute atomic E-state index is 11.9. The summed E-state index contributed by atoms with van der Waals surface area (Å²) in [6, 6.07) is 5.16. The fourth-order valence-electron chi connectivity index (χ4n) is 1.74. The molecular weight excluding hydrogens is 238 g/mol. The van der Waals surface area contributed by atoms with Gasteiger partial charge in [-0.15, -0.1) is 11.6 Å². The van der Waals surface area contributed by atoms with E-state index in [-0.39, 0.29) is 17.1 Å². The zero-order valence-electron chi connectivity index (χ0n) is 9.79. The lowest BCUT2D eigenvalue weighted by Gasteiger charge is -2.13. The van der Waals surface area contributed by atoms with Gasteiger partial charge in [0.25, 0.3) is 5.91 Å². The number of halogens is 1. The Morgan fingerprint density at radius 3 is 2.82 bits per heavy atom. The maximum atomic E-state index is 11.9. The van der Waals surface area contributed by atoms with Crippen LogP contribution in [0, 0.1) is 12.3 Å². The molecule has 0 aliphatic heterocycles. The van der Waals surface area contributed by atoms with Gasteiger partial charge in [0.15, 0.2) is 0 Å². The third-order valence-corrected chi connectivity index (χ3v) is 3.91. The lowest BCUT2D eigenvalue weighted by molar-refractivity contribution is 0.0943. The molecule has 0 spiro atoms. The predicted molar refractivity (Wildman–Crippen MR) is 67.6 cm³/mol. The summed E-state index contributed by atoms with van der Waals surface area (Å²) < 4.78 is 0. The number of hydrogen-bond donors (Lipinski definition) is 2. The SMILES string of the molecule is Cc1cccc(C(=O)NCC2(CCl)CC2)c1O. The Morgan fingerprint density at radius 2 is 2.24 bits per heavy atom. The number of alkyl halides is 1. The van der Waals surface area contributed by atoms with Crippen LogP contribution in [0.1, 0.15) is 28.8 Å². The lowest BCUT2D eigenvalue weighted by Crippen LogP contribution is -2.31. The molecule has 0 atom stereocenters. The fraction of sp³-hybridized carbons (Fsp3) is 0.462. The first-order valence-corrected chi connectivity index (χ1v) is 6.24. The number of nitrogens with one attached hydrogen (secondary N) is 1. The average Bonchev–Trinajstić information content (AvgIpc) is 3.10. The maximum Gasteiger partial charge on any atom is 0.255 e. The van der Waals surface area contributed by atoms with Crippen molar-refractivity contribution < 1.29 is 9.90 Å². The monoisotopic (exact) mass is 253 g/mol. The number of phenols is 1. The van der Waals surface area contributed by atoms with Gasteiger partial charge in [-0.3, -0.25) is 4.79 Å². The molecule has 0 aromatic heterocycles. The first kappa shape index (κ1) is 12.2. The van der Waals surface area contributed by atoms with Gasteiger partial charge in [-0.1, -0.05) is 12.1 Å². The Kier molecular flexibility index (Phi) is 3.29. The number of aryl methyl sites for hydroxylation is 1. The molecule has 17 heavy (non-hydrogen) atoms. The molecule has 92 valence electrons. The highest BCUT2D eigenvalue weighted by atomic mass is 35.5. The normalized spacial score (nSPS) is 16.6. The van der Waals surface area contributed by atoms with Crippen LogP contribution in [0.25, 0.3) is 0 Å². The molecule has 1 aromatic rings. The molecule has 0 bridgehead atoms. The molecule has 1 saturated carbocycles. The van der Waals surface area contributed by atoms with E-state index in [4.69, 9.17) is 11.6 Å². The van der Waals surface area contributed by atoms with Crippen LogP contribution in [-0.2, 0) is 0 Å². The highest BCUT2D eigenvalue weighted by molar-refractivity contribution is 6.18. The average molecular weight is 254 g/mol. The van der Waals surface area contributed by atoms with E-state index in [1.807, 2.05) is 0 Å². The van der Waals surface area contributed by atoms with E-state index in [1.54, 1.807) is 25.1 Å². The number of phenolic OH excluding ortho intramolecular Hbond substituents is 1. The zero-order chi connectivity index (χ0) is 12.5. The minimum Gasteiger partial charge on any atom is -0.507 e. The highest BCUT2D eigenvalue weighted by Gasteiger charge is 2.41. The van der Waals surface area contributed by atoms with Gasteiger partial charge >= 0.3 is 0 Å². The van der Waals surface area contributed by atoms with E-state index in [1.165, 1.54) is 0 Å². The van der Waals surface area contributed by atoms with Crippen molar-refractivity contribution in [3.63, 3.8) is 0 Å². The number of rotatable bonds is 4. The van der Waals surface area contributed by atoms with Crippen molar-refractivity contribution in [3.05, 3.63) is 29.3 Å². The molecule has 2 rings (SSSR count). The van der Waals surface area contributed by atoms with Gasteiger partial charge in [0.05, 0.1) is 5.56 Å². The van der Waals surface area contributed by atoms with E-state index in [0.717, 1.165) is 12.8 Å². The van der Waals surface area contributed by atoms with Crippen LogP contribution in [-0.4, -0.2) is 23.4 Å². The van der Waals surface area contributed by atoms with Gasteiger partial charge in [0, 0.05) is 17.8 Å². The van der Waals surface area contributed by atoms with Crippen LogP contribution >= 0.6 is 11.6 Å². The van der Waals surface area contributed by atoms with Gasteiger partial charge in [-0.05, 0) is 31.4 Å². The quantitative estimate of drug-likeness (QED) is 0.810. The summed E-state index contributed by atoms with van der Waals surface area (Å²) in [5, 5.41) is 12.6. The molecule has 1 fully saturated rings. The van der Waals surface area contributed by atoms with Crippen molar-refractivity contribution in [2.24, 2.45) is 5.41 Å². The Hall–Kier alpha value is -1.22. The molecule has 1 aromatic carbocycles. The molecule has 1 aliphatic carbocycles. The number of para-hydroxylation sites is 1. The first-order chi connectivity index (χ1) is 8.08. The molecule has 0 unspecified atom stereocenters. The molecular formula is C13H16ClNO2. The topological polar surface area (TPSA) is 49.3 Å². The van der Waals surface area contributed by atoms with Gasteiger partial charge in [0.1, 0.15) is 5.75 Å². The van der Waals surface area contributed by atoms with E-state index in [9.17, 15) is 9.90 Å². The Balaban J connectivity index is 2.02. The molecule has 4 heteroatoms. The van der Waals surface area contributed by atoms with Gasteiger partial charge in [-0.25, -0.2) is 0 Å². The van der Waals surface area contributed by atoms with Crippen molar-refractivity contribution in [3.8, 4) is 5.75 Å². The summed E-state index contributed by atoms with van der Waals surface area (Å²) in [4.78, 5) is 11.9. The number of aromatic hydroxyl groups is 1. The van der Waals surface area contributed by atoms with Crippen LogP contribution < -0.4 is 5.32 Å². The number of benzene rings is 1. The Bertz CT molecular complexity index is 441. The third kappa shape index (κ3) is 2.55. The summed E-state index contributed by atoms with van der Waals surface area (Å²) in [6.07, 6.45) is 2.13. The Labute approximate surface area is 106 Å². The largest absolute Gasteiger partial charge is 0.507 e. The second kappa shape index (κ2) is 4.57. The van der Waals surface area contributed by atoms with Gasteiger partial charge in [0.2, 0.25) is 0 Å². The zero-order valence-corrected chi connectivity index (χ0v) is 10.5. The minimum absolute atomic E-state index is 0.0562. The van der Waals surface area contributed by atoms with E-state index < -0.39 is 0 Å². The summed E-state index contributed by atoms with van der Waals surface area (Å²) >= 11 is 5.84. The molecule has 1 aliphatic rings. The van der Waals surface area contributed by atoms with E-state index in [2.05, 4.69) is 5.32 Å². The Morgan fingerprint density at radius 1 is 1.53 bits per heavy atom. The highest BCUT2D eigenvalue weighted by Crippen LogP contribution is 2.45. The van der Waals surface area contributed by atoms with Crippen LogP contribution in [0.2, 0.25) is 0 Å².